The van der Waals surface area contributed by atoms with Gasteiger partial charge in [0, 0.05) is 38.8 Å². The van der Waals surface area contributed by atoms with Gasteiger partial charge in [0.15, 0.2) is 5.96 Å². The maximum absolute atomic E-state index is 4.43. The van der Waals surface area contributed by atoms with E-state index in [-0.39, 0.29) is 0 Å². The molecule has 1 aliphatic heterocycles. The molecule has 3 fully saturated rings. The van der Waals surface area contributed by atoms with Crippen LogP contribution >= 0.6 is 0 Å². The van der Waals surface area contributed by atoms with Crippen LogP contribution in [0.3, 0.4) is 0 Å². The van der Waals surface area contributed by atoms with Gasteiger partial charge in [0.2, 0.25) is 0 Å². The Bertz CT molecular complexity index is 558. The fourth-order valence-corrected chi connectivity index (χ4v) is 4.05. The lowest BCUT2D eigenvalue weighted by Gasteiger charge is -2.33. The predicted molar refractivity (Wildman–Crippen MR) is 99.4 cm³/mol. The van der Waals surface area contributed by atoms with Crippen molar-refractivity contribution in [2.75, 3.05) is 26.7 Å². The topological polar surface area (TPSA) is 39.7 Å². The van der Waals surface area contributed by atoms with Crippen molar-refractivity contribution in [2.24, 2.45) is 10.9 Å². The molecule has 0 amide bonds. The van der Waals surface area contributed by atoms with Gasteiger partial charge in [-0.2, -0.15) is 0 Å². The van der Waals surface area contributed by atoms with Crippen LogP contribution in [0, 0.1) is 5.92 Å². The monoisotopic (exact) mass is 326 g/mol. The van der Waals surface area contributed by atoms with E-state index in [0.29, 0.717) is 6.04 Å². The van der Waals surface area contributed by atoms with Gasteiger partial charge in [0.05, 0.1) is 0 Å². The Labute approximate surface area is 145 Å². The van der Waals surface area contributed by atoms with E-state index in [1.165, 1.54) is 50.8 Å². The molecule has 0 bridgehead atoms. The minimum Gasteiger partial charge on any atom is -0.356 e. The fourth-order valence-electron chi connectivity index (χ4n) is 4.05. The summed E-state index contributed by atoms with van der Waals surface area (Å²) in [5.74, 6) is 2.47. The number of aliphatic imine (C=N–C) groups is 1. The molecule has 2 atom stereocenters. The molecule has 3 aliphatic rings. The fraction of sp³-hybridized carbons (Fsp3) is 0.650. The second kappa shape index (κ2) is 7.14. The van der Waals surface area contributed by atoms with Gasteiger partial charge in [-0.15, -0.1) is 0 Å². The summed E-state index contributed by atoms with van der Waals surface area (Å²) in [5, 5.41) is 7.19. The standard InChI is InChI=1S/C20H30N4/c1-21-20(23-17-9-11-24(12-10-17)18-7-8-18)22-14-16-13-19(16)15-5-3-2-4-6-15/h2-6,16-19H,7-14H2,1H3,(H2,21,22,23). The lowest BCUT2D eigenvalue weighted by molar-refractivity contribution is 0.197. The van der Waals surface area contributed by atoms with Crippen LogP contribution in [0.15, 0.2) is 35.3 Å². The van der Waals surface area contributed by atoms with Gasteiger partial charge < -0.3 is 15.5 Å². The largest absolute Gasteiger partial charge is 0.356 e. The number of rotatable bonds is 5. The van der Waals surface area contributed by atoms with Crippen LogP contribution in [-0.2, 0) is 0 Å². The highest BCUT2D eigenvalue weighted by molar-refractivity contribution is 5.80. The van der Waals surface area contributed by atoms with Crippen LogP contribution in [0.2, 0.25) is 0 Å². The Morgan fingerprint density at radius 2 is 1.88 bits per heavy atom. The van der Waals surface area contributed by atoms with Crippen molar-refractivity contribution >= 4 is 5.96 Å². The van der Waals surface area contributed by atoms with E-state index >= 15 is 0 Å². The highest BCUT2D eigenvalue weighted by Gasteiger charge is 2.38. The molecule has 1 aromatic carbocycles. The van der Waals surface area contributed by atoms with Gasteiger partial charge in [-0.05, 0) is 49.5 Å². The summed E-state index contributed by atoms with van der Waals surface area (Å²) < 4.78 is 0. The molecule has 130 valence electrons. The van der Waals surface area contributed by atoms with Crippen LogP contribution in [0.25, 0.3) is 0 Å². The van der Waals surface area contributed by atoms with E-state index in [2.05, 4.69) is 50.9 Å². The van der Waals surface area contributed by atoms with Crippen molar-refractivity contribution in [1.29, 1.82) is 0 Å². The van der Waals surface area contributed by atoms with Gasteiger partial charge in [0.1, 0.15) is 0 Å². The smallest absolute Gasteiger partial charge is 0.191 e. The SMILES string of the molecule is CN=C(NCC1CC1c1ccccc1)NC1CCN(C2CC2)CC1. The molecule has 24 heavy (non-hydrogen) atoms. The Morgan fingerprint density at radius 1 is 1.12 bits per heavy atom. The summed E-state index contributed by atoms with van der Waals surface area (Å²) in [6, 6.07) is 12.4. The van der Waals surface area contributed by atoms with E-state index in [1.807, 2.05) is 7.05 Å². The lowest BCUT2D eigenvalue weighted by Crippen LogP contribution is -2.49. The van der Waals surface area contributed by atoms with E-state index in [1.54, 1.807) is 0 Å². The first-order valence-corrected chi connectivity index (χ1v) is 9.59. The molecule has 0 radical (unpaired) electrons. The normalized spacial score (nSPS) is 28.6. The van der Waals surface area contributed by atoms with Gasteiger partial charge in [-0.3, -0.25) is 4.99 Å². The van der Waals surface area contributed by atoms with Gasteiger partial charge in [0.25, 0.3) is 0 Å². The van der Waals surface area contributed by atoms with E-state index < -0.39 is 0 Å². The first-order chi connectivity index (χ1) is 11.8. The van der Waals surface area contributed by atoms with Crippen molar-refractivity contribution in [1.82, 2.24) is 15.5 Å². The quantitative estimate of drug-likeness (QED) is 0.645. The molecule has 4 heteroatoms. The highest BCUT2D eigenvalue weighted by atomic mass is 15.2. The van der Waals surface area contributed by atoms with Crippen LogP contribution in [0.1, 0.15) is 43.6 Å². The average Bonchev–Trinajstić information content (AvgIpc) is 3.54. The lowest BCUT2D eigenvalue weighted by atomic mass is 10.1. The molecule has 0 spiro atoms. The zero-order valence-corrected chi connectivity index (χ0v) is 14.7. The zero-order valence-electron chi connectivity index (χ0n) is 14.7. The van der Waals surface area contributed by atoms with Crippen LogP contribution < -0.4 is 10.6 Å². The first kappa shape index (κ1) is 15.9. The number of nitrogens with zero attached hydrogens (tertiary/aromatic N) is 2. The summed E-state index contributed by atoms with van der Waals surface area (Å²) in [5.41, 5.74) is 1.49. The maximum atomic E-state index is 4.43. The summed E-state index contributed by atoms with van der Waals surface area (Å²) in [6.45, 7) is 3.52. The summed E-state index contributed by atoms with van der Waals surface area (Å²) in [4.78, 5) is 7.10. The third-order valence-corrected chi connectivity index (χ3v) is 5.84. The molecule has 2 saturated carbocycles. The maximum Gasteiger partial charge on any atom is 0.191 e. The van der Waals surface area contributed by atoms with Crippen molar-refractivity contribution in [3.05, 3.63) is 35.9 Å². The molecule has 2 unspecified atom stereocenters. The molecule has 1 heterocycles. The van der Waals surface area contributed by atoms with Crippen molar-refractivity contribution in [3.8, 4) is 0 Å². The van der Waals surface area contributed by atoms with Crippen molar-refractivity contribution in [3.63, 3.8) is 0 Å². The number of likely N-dealkylation sites (tertiary alicyclic amines) is 1. The number of hydrogen-bond donors (Lipinski definition) is 2. The first-order valence-electron chi connectivity index (χ1n) is 9.59. The number of benzene rings is 1. The van der Waals surface area contributed by atoms with Crippen molar-refractivity contribution < 1.29 is 0 Å². The summed E-state index contributed by atoms with van der Waals surface area (Å²) in [7, 11) is 1.89. The van der Waals surface area contributed by atoms with Gasteiger partial charge in [-0.1, -0.05) is 30.3 Å². The number of guanidine groups is 1. The number of nitrogens with one attached hydrogen (secondary N) is 2. The summed E-state index contributed by atoms with van der Waals surface area (Å²) in [6.07, 6.45) is 6.63. The molecule has 4 nitrogen and oxygen atoms in total. The highest BCUT2D eigenvalue weighted by Crippen LogP contribution is 2.46. The summed E-state index contributed by atoms with van der Waals surface area (Å²) >= 11 is 0. The van der Waals surface area contributed by atoms with E-state index in [4.69, 9.17) is 0 Å². The molecular formula is C20H30N4. The third-order valence-electron chi connectivity index (χ3n) is 5.84. The second-order valence-electron chi connectivity index (χ2n) is 7.65. The zero-order chi connectivity index (χ0) is 16.4. The molecular weight excluding hydrogens is 296 g/mol. The predicted octanol–water partition coefficient (Wildman–Crippen LogP) is 2.58. The Kier molecular flexibility index (Phi) is 4.74. The Hall–Kier alpha value is -1.55. The molecule has 2 aliphatic carbocycles. The van der Waals surface area contributed by atoms with Crippen LogP contribution in [-0.4, -0.2) is 49.6 Å². The average molecular weight is 326 g/mol. The third kappa shape index (κ3) is 3.92. The number of hydrogen-bond acceptors (Lipinski definition) is 2. The number of piperidine rings is 1. The van der Waals surface area contributed by atoms with Gasteiger partial charge >= 0.3 is 0 Å². The molecule has 1 saturated heterocycles. The molecule has 4 rings (SSSR count). The minimum absolute atomic E-state index is 0.579. The second-order valence-corrected chi connectivity index (χ2v) is 7.65. The van der Waals surface area contributed by atoms with Crippen molar-refractivity contribution in [2.45, 2.75) is 50.1 Å². The molecule has 0 aromatic heterocycles. The molecule has 2 N–H and O–H groups in total. The van der Waals surface area contributed by atoms with Crippen LogP contribution in [0.4, 0.5) is 0 Å². The minimum atomic E-state index is 0.579. The van der Waals surface area contributed by atoms with E-state index in [9.17, 15) is 0 Å². The van der Waals surface area contributed by atoms with E-state index in [0.717, 1.165) is 30.4 Å². The molecule has 1 aromatic rings. The Morgan fingerprint density at radius 3 is 2.54 bits per heavy atom. The van der Waals surface area contributed by atoms with Crippen LogP contribution in [0.5, 0.6) is 0 Å². The van der Waals surface area contributed by atoms with Gasteiger partial charge in [-0.25, -0.2) is 0 Å². The Balaban J connectivity index is 1.19.